The van der Waals surface area contributed by atoms with Gasteiger partial charge in [-0.15, -0.1) is 0 Å². The Balaban J connectivity index is 3.14. The summed E-state index contributed by atoms with van der Waals surface area (Å²) in [5.74, 6) is 4.57. The summed E-state index contributed by atoms with van der Waals surface area (Å²) in [6.45, 7) is 0. The van der Waals surface area contributed by atoms with Gasteiger partial charge in [0.2, 0.25) is 0 Å². The van der Waals surface area contributed by atoms with E-state index in [1.54, 1.807) is 12.1 Å². The summed E-state index contributed by atoms with van der Waals surface area (Å²) >= 11 is 0. The quantitative estimate of drug-likeness (QED) is 0.614. The average molecular weight is 218 g/mol. The number of rotatable bonds is 3. The molecule has 0 atom stereocenters. The summed E-state index contributed by atoms with van der Waals surface area (Å²) in [7, 11) is 1.46. The molecule has 0 aliphatic heterocycles. The Morgan fingerprint density at radius 2 is 2.31 bits per heavy atom. The summed E-state index contributed by atoms with van der Waals surface area (Å²) < 4.78 is 4.92. The van der Waals surface area contributed by atoms with Crippen LogP contribution >= 0.6 is 0 Å². The molecule has 1 aromatic carbocycles. The molecular formula is C12H10O4. The van der Waals surface area contributed by atoms with Crippen LogP contribution in [0.1, 0.15) is 22.3 Å². The van der Waals surface area contributed by atoms with Crippen molar-refractivity contribution >= 4 is 12.3 Å². The molecule has 1 N–H and O–H groups in total. The first-order valence-corrected chi connectivity index (χ1v) is 4.53. The number of hydrogen-bond acceptors (Lipinski definition) is 3. The molecule has 16 heavy (non-hydrogen) atoms. The molecule has 4 nitrogen and oxygen atoms in total. The maximum Gasteiger partial charge on any atom is 0.337 e. The maximum atomic E-state index is 10.9. The summed E-state index contributed by atoms with van der Waals surface area (Å²) in [6.07, 6.45) is 0.752. The molecule has 0 bridgehead atoms. The predicted molar refractivity (Wildman–Crippen MR) is 57.5 cm³/mol. The number of aldehydes is 1. The monoisotopic (exact) mass is 218 g/mol. The van der Waals surface area contributed by atoms with E-state index in [9.17, 15) is 9.59 Å². The molecule has 0 aliphatic carbocycles. The van der Waals surface area contributed by atoms with Crippen molar-refractivity contribution in [2.45, 2.75) is 6.42 Å². The van der Waals surface area contributed by atoms with Gasteiger partial charge in [0, 0.05) is 5.56 Å². The minimum absolute atomic E-state index is 0.0674. The van der Waals surface area contributed by atoms with Crippen LogP contribution in [-0.2, 0) is 4.79 Å². The van der Waals surface area contributed by atoms with Crippen LogP contribution in [0, 0.1) is 11.8 Å². The third kappa shape index (κ3) is 2.85. The lowest BCUT2D eigenvalue weighted by molar-refractivity contribution is -0.107. The van der Waals surface area contributed by atoms with E-state index in [0.717, 1.165) is 0 Å². The Bertz CT molecular complexity index is 466. The Kier molecular flexibility index (Phi) is 4.10. The molecule has 0 saturated carbocycles. The zero-order chi connectivity index (χ0) is 12.0. The molecule has 1 aromatic rings. The van der Waals surface area contributed by atoms with Crippen LogP contribution in [0.4, 0.5) is 0 Å². The van der Waals surface area contributed by atoms with Gasteiger partial charge in [-0.25, -0.2) is 4.79 Å². The van der Waals surface area contributed by atoms with E-state index >= 15 is 0 Å². The van der Waals surface area contributed by atoms with E-state index in [1.807, 2.05) is 0 Å². The Labute approximate surface area is 92.9 Å². The highest BCUT2D eigenvalue weighted by Gasteiger charge is 2.09. The topological polar surface area (TPSA) is 63.6 Å². The van der Waals surface area contributed by atoms with Crippen LogP contribution in [0.5, 0.6) is 5.75 Å². The Hall–Kier alpha value is -2.28. The molecule has 4 heteroatoms. The van der Waals surface area contributed by atoms with Crippen LogP contribution in [0.15, 0.2) is 18.2 Å². The number of carbonyl (C=O) groups is 2. The molecule has 0 saturated heterocycles. The molecule has 0 amide bonds. The smallest absolute Gasteiger partial charge is 0.337 e. The van der Waals surface area contributed by atoms with Crippen molar-refractivity contribution in [2.24, 2.45) is 0 Å². The summed E-state index contributed by atoms with van der Waals surface area (Å²) in [5.41, 5.74) is 0.438. The maximum absolute atomic E-state index is 10.9. The van der Waals surface area contributed by atoms with Gasteiger partial charge in [-0.05, 0) is 18.2 Å². The Morgan fingerprint density at radius 3 is 2.88 bits per heavy atom. The van der Waals surface area contributed by atoms with Crippen molar-refractivity contribution < 1.29 is 19.4 Å². The van der Waals surface area contributed by atoms with Gasteiger partial charge in [-0.2, -0.15) is 0 Å². The lowest BCUT2D eigenvalue weighted by Gasteiger charge is -2.03. The van der Waals surface area contributed by atoms with E-state index in [0.29, 0.717) is 17.6 Å². The van der Waals surface area contributed by atoms with Crippen molar-refractivity contribution in [1.82, 2.24) is 0 Å². The molecule has 0 spiro atoms. The van der Waals surface area contributed by atoms with Gasteiger partial charge in [0.1, 0.15) is 12.0 Å². The number of carbonyl (C=O) groups excluding carboxylic acids is 1. The van der Waals surface area contributed by atoms with Gasteiger partial charge < -0.3 is 14.6 Å². The SMILES string of the molecule is COc1ccc(C#CCC=O)c(C(=O)O)c1. The van der Waals surface area contributed by atoms with Crippen molar-refractivity contribution in [3.8, 4) is 17.6 Å². The fourth-order valence-electron chi connectivity index (χ4n) is 1.12. The van der Waals surface area contributed by atoms with Crippen molar-refractivity contribution in [2.75, 3.05) is 7.11 Å². The van der Waals surface area contributed by atoms with Crippen LogP contribution in [0.25, 0.3) is 0 Å². The highest BCUT2D eigenvalue weighted by Crippen LogP contribution is 2.17. The summed E-state index contributed by atoms with van der Waals surface area (Å²) in [6, 6.07) is 4.57. The van der Waals surface area contributed by atoms with Gasteiger partial charge in [-0.1, -0.05) is 11.8 Å². The molecular weight excluding hydrogens is 208 g/mol. The molecule has 1 rings (SSSR count). The molecule has 82 valence electrons. The second-order valence-electron chi connectivity index (χ2n) is 2.89. The standard InChI is InChI=1S/C12H10O4/c1-16-10-6-5-9(4-2-3-7-13)11(8-10)12(14)15/h5-8H,3H2,1H3,(H,14,15). The predicted octanol–water partition coefficient (Wildman–Crippen LogP) is 1.33. The van der Waals surface area contributed by atoms with Crippen molar-refractivity contribution in [1.29, 1.82) is 0 Å². The highest BCUT2D eigenvalue weighted by molar-refractivity contribution is 5.91. The normalized spacial score (nSPS) is 8.81. The fourth-order valence-corrected chi connectivity index (χ4v) is 1.12. The van der Waals surface area contributed by atoms with E-state index < -0.39 is 5.97 Å². The van der Waals surface area contributed by atoms with Gasteiger partial charge in [0.15, 0.2) is 0 Å². The molecule has 0 heterocycles. The van der Waals surface area contributed by atoms with Gasteiger partial charge in [0.05, 0.1) is 19.1 Å². The van der Waals surface area contributed by atoms with Crippen LogP contribution in [0.3, 0.4) is 0 Å². The molecule has 0 fully saturated rings. The molecule has 0 aromatic heterocycles. The molecule has 0 aliphatic rings. The van der Waals surface area contributed by atoms with Gasteiger partial charge in [0.25, 0.3) is 0 Å². The fraction of sp³-hybridized carbons (Fsp3) is 0.167. The summed E-state index contributed by atoms with van der Waals surface area (Å²) in [5, 5.41) is 8.95. The van der Waals surface area contributed by atoms with Crippen molar-refractivity contribution in [3.63, 3.8) is 0 Å². The third-order valence-corrected chi connectivity index (χ3v) is 1.87. The highest BCUT2D eigenvalue weighted by atomic mass is 16.5. The zero-order valence-electron chi connectivity index (χ0n) is 8.69. The largest absolute Gasteiger partial charge is 0.497 e. The number of carboxylic acid groups (broad SMARTS) is 1. The lowest BCUT2D eigenvalue weighted by atomic mass is 10.1. The van der Waals surface area contributed by atoms with Gasteiger partial charge >= 0.3 is 5.97 Å². The first kappa shape index (κ1) is 11.8. The molecule has 0 radical (unpaired) electrons. The molecule has 0 unspecified atom stereocenters. The van der Waals surface area contributed by atoms with Crippen LogP contribution in [0.2, 0.25) is 0 Å². The number of aromatic carboxylic acids is 1. The second kappa shape index (κ2) is 5.56. The van der Waals surface area contributed by atoms with Crippen molar-refractivity contribution in [3.05, 3.63) is 29.3 Å². The zero-order valence-corrected chi connectivity index (χ0v) is 8.69. The first-order valence-electron chi connectivity index (χ1n) is 4.53. The number of ether oxygens (including phenoxy) is 1. The first-order chi connectivity index (χ1) is 7.69. The van der Waals surface area contributed by atoms with E-state index in [4.69, 9.17) is 9.84 Å². The lowest BCUT2D eigenvalue weighted by Crippen LogP contribution is -2.00. The van der Waals surface area contributed by atoms with Crippen LogP contribution in [-0.4, -0.2) is 24.5 Å². The third-order valence-electron chi connectivity index (χ3n) is 1.87. The number of benzene rings is 1. The second-order valence-corrected chi connectivity index (χ2v) is 2.89. The van der Waals surface area contributed by atoms with E-state index in [1.165, 1.54) is 13.2 Å². The van der Waals surface area contributed by atoms with Gasteiger partial charge in [-0.3, -0.25) is 0 Å². The minimum atomic E-state index is -1.07. The van der Waals surface area contributed by atoms with E-state index in [2.05, 4.69) is 11.8 Å². The van der Waals surface area contributed by atoms with E-state index in [-0.39, 0.29) is 12.0 Å². The number of methoxy groups -OCH3 is 1. The van der Waals surface area contributed by atoms with Crippen LogP contribution < -0.4 is 4.74 Å². The number of carboxylic acids is 1. The average Bonchev–Trinajstić information content (AvgIpc) is 2.29. The Morgan fingerprint density at radius 1 is 1.56 bits per heavy atom. The summed E-state index contributed by atoms with van der Waals surface area (Å²) in [4.78, 5) is 21.0. The number of hydrogen-bond donors (Lipinski definition) is 1. The minimum Gasteiger partial charge on any atom is -0.497 e.